The van der Waals surface area contributed by atoms with Crippen molar-refractivity contribution in [3.8, 4) is 0 Å². The van der Waals surface area contributed by atoms with Gasteiger partial charge >= 0.3 is 0 Å². The highest BCUT2D eigenvalue weighted by molar-refractivity contribution is 9.10. The molecule has 0 saturated carbocycles. The molecule has 0 atom stereocenters. The fourth-order valence-corrected chi connectivity index (χ4v) is 2.56. The molecule has 2 aromatic rings. The van der Waals surface area contributed by atoms with E-state index < -0.39 is 5.82 Å². The third-order valence-electron chi connectivity index (χ3n) is 3.17. The number of carbonyl (C=O) groups is 1. The van der Waals surface area contributed by atoms with Gasteiger partial charge in [0.2, 0.25) is 0 Å². The molecule has 2 aromatic carbocycles. The predicted molar refractivity (Wildman–Crippen MR) is 86.0 cm³/mol. The van der Waals surface area contributed by atoms with Crippen molar-refractivity contribution >= 4 is 33.4 Å². The summed E-state index contributed by atoms with van der Waals surface area (Å²) in [5, 5.41) is 0.596. The highest BCUT2D eigenvalue weighted by Crippen LogP contribution is 2.22. The summed E-state index contributed by atoms with van der Waals surface area (Å²) in [5.74, 6) is -0.892. The molecule has 1 amide bonds. The Morgan fingerprint density at radius 3 is 2.62 bits per heavy atom. The van der Waals surface area contributed by atoms with Crippen molar-refractivity contribution in [1.29, 1.82) is 0 Å². The van der Waals surface area contributed by atoms with Crippen molar-refractivity contribution in [2.45, 2.75) is 13.5 Å². The lowest BCUT2D eigenvalue weighted by molar-refractivity contribution is 0.0747. The van der Waals surface area contributed by atoms with Gasteiger partial charge < -0.3 is 4.90 Å². The fourth-order valence-electron chi connectivity index (χ4n) is 2.00. The summed E-state index contributed by atoms with van der Waals surface area (Å²) in [6.07, 6.45) is 0. The van der Waals surface area contributed by atoms with Gasteiger partial charge in [0.1, 0.15) is 5.82 Å². The third-order valence-corrected chi connectivity index (χ3v) is 4.15. The number of amides is 1. The van der Waals surface area contributed by atoms with E-state index in [4.69, 9.17) is 11.6 Å². The second-order valence-electron chi connectivity index (χ2n) is 4.51. The summed E-state index contributed by atoms with van der Waals surface area (Å²) in [4.78, 5) is 14.0. The quantitative estimate of drug-likeness (QED) is 0.749. The summed E-state index contributed by atoms with van der Waals surface area (Å²) in [6, 6.07) is 12.0. The maximum Gasteiger partial charge on any atom is 0.257 e. The number of hydrogen-bond donors (Lipinski definition) is 0. The van der Waals surface area contributed by atoms with E-state index in [2.05, 4.69) is 15.9 Å². The van der Waals surface area contributed by atoms with Crippen LogP contribution in [-0.4, -0.2) is 17.4 Å². The molecule has 0 heterocycles. The van der Waals surface area contributed by atoms with Crippen LogP contribution in [0.1, 0.15) is 22.8 Å². The van der Waals surface area contributed by atoms with E-state index in [-0.39, 0.29) is 15.9 Å². The summed E-state index contributed by atoms with van der Waals surface area (Å²) in [6.45, 7) is 2.67. The van der Waals surface area contributed by atoms with Crippen LogP contribution in [0.3, 0.4) is 0 Å². The molecule has 0 fully saturated rings. The van der Waals surface area contributed by atoms with Crippen molar-refractivity contribution in [3.05, 3.63) is 68.9 Å². The highest BCUT2D eigenvalue weighted by Gasteiger charge is 2.20. The Morgan fingerprint density at radius 2 is 1.95 bits per heavy atom. The molecule has 0 spiro atoms. The lowest BCUT2D eigenvalue weighted by Crippen LogP contribution is -2.31. The first-order valence-corrected chi connectivity index (χ1v) is 7.68. The van der Waals surface area contributed by atoms with Gasteiger partial charge in [-0.05, 0) is 46.6 Å². The summed E-state index contributed by atoms with van der Waals surface area (Å²) >= 11 is 9.21. The summed E-state index contributed by atoms with van der Waals surface area (Å²) in [7, 11) is 0. The van der Waals surface area contributed by atoms with E-state index in [1.165, 1.54) is 6.07 Å². The molecular formula is C16H14BrClFNO. The van der Waals surface area contributed by atoms with Gasteiger partial charge in [-0.15, -0.1) is 0 Å². The molecule has 0 bridgehead atoms. The average molecular weight is 371 g/mol. The van der Waals surface area contributed by atoms with Gasteiger partial charge in [0.05, 0.1) is 10.0 Å². The fraction of sp³-hybridized carbons (Fsp3) is 0.188. The number of hydrogen-bond acceptors (Lipinski definition) is 1. The second-order valence-corrected chi connectivity index (χ2v) is 5.77. The molecule has 0 aliphatic heterocycles. The molecule has 0 radical (unpaired) electrons. The van der Waals surface area contributed by atoms with Crippen LogP contribution >= 0.6 is 27.5 Å². The van der Waals surface area contributed by atoms with Gasteiger partial charge in [0.25, 0.3) is 5.91 Å². The molecule has 0 aliphatic rings. The molecular weight excluding hydrogens is 357 g/mol. The van der Waals surface area contributed by atoms with E-state index >= 15 is 0 Å². The largest absolute Gasteiger partial charge is 0.334 e. The standard InChI is InChI=1S/C16H14BrClFNO/c1-2-20(10-11-6-3-4-9-14(11)18)16(21)12-7-5-8-13(17)15(12)19/h3-9H,2,10H2,1H3. The van der Waals surface area contributed by atoms with Crippen LogP contribution in [0.4, 0.5) is 4.39 Å². The van der Waals surface area contributed by atoms with Gasteiger partial charge in [0, 0.05) is 18.1 Å². The van der Waals surface area contributed by atoms with Crippen LogP contribution in [0, 0.1) is 5.82 Å². The Bertz CT molecular complexity index is 662. The first kappa shape index (κ1) is 16.0. The smallest absolute Gasteiger partial charge is 0.257 e. The van der Waals surface area contributed by atoms with Crippen molar-refractivity contribution in [1.82, 2.24) is 4.90 Å². The maximum absolute atomic E-state index is 14.0. The van der Waals surface area contributed by atoms with Crippen molar-refractivity contribution < 1.29 is 9.18 Å². The SMILES string of the molecule is CCN(Cc1ccccc1Cl)C(=O)c1cccc(Br)c1F. The van der Waals surface area contributed by atoms with E-state index in [0.717, 1.165) is 5.56 Å². The van der Waals surface area contributed by atoms with Gasteiger partial charge in [-0.25, -0.2) is 4.39 Å². The average Bonchev–Trinajstić information content (AvgIpc) is 2.48. The number of halogens is 3. The van der Waals surface area contributed by atoms with E-state index in [1.54, 1.807) is 23.1 Å². The molecule has 2 nitrogen and oxygen atoms in total. The number of rotatable bonds is 4. The van der Waals surface area contributed by atoms with E-state index in [0.29, 0.717) is 18.1 Å². The zero-order valence-corrected chi connectivity index (χ0v) is 13.8. The van der Waals surface area contributed by atoms with Crippen LogP contribution in [0.25, 0.3) is 0 Å². The molecule has 0 aromatic heterocycles. The zero-order valence-electron chi connectivity index (χ0n) is 11.4. The van der Waals surface area contributed by atoms with Crippen LogP contribution in [-0.2, 0) is 6.54 Å². The molecule has 110 valence electrons. The first-order valence-electron chi connectivity index (χ1n) is 6.51. The monoisotopic (exact) mass is 369 g/mol. The molecule has 0 saturated heterocycles. The topological polar surface area (TPSA) is 20.3 Å². The number of benzene rings is 2. The summed E-state index contributed by atoms with van der Waals surface area (Å²) < 4.78 is 14.3. The minimum Gasteiger partial charge on any atom is -0.334 e. The van der Waals surface area contributed by atoms with Crippen LogP contribution in [0.5, 0.6) is 0 Å². The number of carbonyl (C=O) groups excluding carboxylic acids is 1. The molecule has 21 heavy (non-hydrogen) atoms. The van der Waals surface area contributed by atoms with Crippen LogP contribution in [0.2, 0.25) is 5.02 Å². The van der Waals surface area contributed by atoms with Gasteiger partial charge in [-0.3, -0.25) is 4.79 Å². The van der Waals surface area contributed by atoms with Crippen molar-refractivity contribution in [2.75, 3.05) is 6.54 Å². The molecule has 0 unspecified atom stereocenters. The molecule has 2 rings (SSSR count). The van der Waals surface area contributed by atoms with Crippen LogP contribution in [0.15, 0.2) is 46.9 Å². The zero-order chi connectivity index (χ0) is 15.4. The van der Waals surface area contributed by atoms with Gasteiger partial charge in [-0.1, -0.05) is 35.9 Å². The first-order chi connectivity index (χ1) is 10.0. The summed E-state index contributed by atoms with van der Waals surface area (Å²) in [5.41, 5.74) is 0.892. The van der Waals surface area contributed by atoms with Crippen molar-refractivity contribution in [3.63, 3.8) is 0 Å². The number of nitrogens with zero attached hydrogens (tertiary/aromatic N) is 1. The maximum atomic E-state index is 14.0. The molecule has 0 aliphatic carbocycles. The van der Waals surface area contributed by atoms with E-state index in [1.807, 2.05) is 25.1 Å². The second kappa shape index (κ2) is 7.05. The Balaban J connectivity index is 2.27. The Kier molecular flexibility index (Phi) is 5.37. The Morgan fingerprint density at radius 1 is 1.24 bits per heavy atom. The molecule has 5 heteroatoms. The van der Waals surface area contributed by atoms with Crippen LogP contribution < -0.4 is 0 Å². The third kappa shape index (κ3) is 3.63. The lowest BCUT2D eigenvalue weighted by Gasteiger charge is -2.22. The molecule has 0 N–H and O–H groups in total. The predicted octanol–water partition coefficient (Wildman–Crippen LogP) is 4.90. The minimum atomic E-state index is -0.542. The Labute approximate surface area is 136 Å². The lowest BCUT2D eigenvalue weighted by atomic mass is 10.1. The van der Waals surface area contributed by atoms with Gasteiger partial charge in [-0.2, -0.15) is 0 Å². The Hall–Kier alpha value is -1.39. The van der Waals surface area contributed by atoms with Crippen molar-refractivity contribution in [2.24, 2.45) is 0 Å². The highest BCUT2D eigenvalue weighted by atomic mass is 79.9. The van der Waals surface area contributed by atoms with E-state index in [9.17, 15) is 9.18 Å². The van der Waals surface area contributed by atoms with Gasteiger partial charge in [0.15, 0.2) is 0 Å². The minimum absolute atomic E-state index is 0.0540. The normalized spacial score (nSPS) is 10.5.